The first kappa shape index (κ1) is 22.9. The number of fused-ring (bicyclic) bond motifs is 1. The van der Waals surface area contributed by atoms with Gasteiger partial charge < -0.3 is 29.8 Å². The number of aryl methyl sites for hydroxylation is 1. The molecule has 3 N–H and O–H groups in total. The van der Waals surface area contributed by atoms with Crippen LogP contribution < -0.4 is 20.3 Å². The molecule has 5 rings (SSSR count). The minimum atomic E-state index is -0.305. The normalized spacial score (nSPS) is 10.9. The van der Waals surface area contributed by atoms with Crippen LogP contribution in [-0.4, -0.2) is 51.6 Å². The fraction of sp³-hybridized carbons (Fsp3) is 0.154. The molecule has 36 heavy (non-hydrogen) atoms. The van der Waals surface area contributed by atoms with Crippen molar-refractivity contribution in [3.05, 3.63) is 73.1 Å². The van der Waals surface area contributed by atoms with Crippen molar-refractivity contribution in [1.29, 1.82) is 0 Å². The topological polar surface area (TPSA) is 113 Å². The molecule has 0 saturated heterocycles. The van der Waals surface area contributed by atoms with Crippen molar-refractivity contribution in [3.8, 4) is 17.0 Å². The van der Waals surface area contributed by atoms with E-state index < -0.39 is 0 Å². The average Bonchev–Trinajstić information content (AvgIpc) is 3.53. The van der Waals surface area contributed by atoms with Gasteiger partial charge in [-0.1, -0.05) is 18.2 Å². The number of carbonyl (C=O) groups is 1. The number of amides is 1. The Morgan fingerprint density at radius 2 is 1.97 bits per heavy atom. The summed E-state index contributed by atoms with van der Waals surface area (Å²) in [4.78, 5) is 30.5. The molecule has 0 aliphatic rings. The van der Waals surface area contributed by atoms with Crippen LogP contribution in [-0.2, 0) is 7.05 Å². The number of aromatic amines is 1. The Kier molecular flexibility index (Phi) is 5.99. The first-order chi connectivity index (χ1) is 17.4. The van der Waals surface area contributed by atoms with Crippen molar-refractivity contribution in [2.45, 2.75) is 0 Å². The number of nitrogens with zero attached hydrogens (tertiary/aromatic N) is 5. The van der Waals surface area contributed by atoms with E-state index in [0.717, 1.165) is 27.8 Å². The zero-order chi connectivity index (χ0) is 25.2. The van der Waals surface area contributed by atoms with Crippen LogP contribution in [0, 0.1) is 0 Å². The molecule has 182 valence electrons. The van der Waals surface area contributed by atoms with Crippen molar-refractivity contribution in [3.63, 3.8) is 0 Å². The molecule has 10 heteroatoms. The highest BCUT2D eigenvalue weighted by molar-refractivity contribution is 6.05. The molecule has 0 aliphatic heterocycles. The van der Waals surface area contributed by atoms with Gasteiger partial charge in [-0.05, 0) is 18.2 Å². The molecule has 3 aromatic heterocycles. The van der Waals surface area contributed by atoms with Crippen LogP contribution >= 0.6 is 0 Å². The zero-order valence-electron chi connectivity index (χ0n) is 20.4. The van der Waals surface area contributed by atoms with E-state index in [1.807, 2.05) is 50.3 Å². The van der Waals surface area contributed by atoms with E-state index in [9.17, 15) is 4.79 Å². The Morgan fingerprint density at radius 3 is 2.72 bits per heavy atom. The first-order valence-electron chi connectivity index (χ1n) is 11.3. The molecule has 0 fully saturated rings. The van der Waals surface area contributed by atoms with E-state index in [0.29, 0.717) is 28.8 Å². The lowest BCUT2D eigenvalue weighted by Crippen LogP contribution is -2.17. The van der Waals surface area contributed by atoms with Gasteiger partial charge in [-0.15, -0.1) is 0 Å². The maximum Gasteiger partial charge on any atom is 0.273 e. The molecule has 5 aromatic rings. The lowest BCUT2D eigenvalue weighted by molar-refractivity contribution is 0.102. The number of methoxy groups -OCH3 is 1. The summed E-state index contributed by atoms with van der Waals surface area (Å²) in [6.07, 6.45) is 6.71. The SMILES string of the molecule is COc1cc(N(C)C)c(NC(=O)c2cnc[nH]2)cc1Nc1nccc(-c2cn(C)c3ccccc23)n1. The highest BCUT2D eigenvalue weighted by Crippen LogP contribution is 2.38. The van der Waals surface area contributed by atoms with E-state index in [2.05, 4.69) is 48.5 Å². The molecule has 0 radical (unpaired) electrons. The van der Waals surface area contributed by atoms with Crippen molar-refractivity contribution >= 4 is 39.8 Å². The predicted octanol–water partition coefficient (Wildman–Crippen LogP) is 4.43. The molecule has 2 aromatic carbocycles. The standard InChI is InChI=1S/C26H26N8O2/c1-33(2)23-12-24(36-4)20(11-19(23)30-25(35)21-13-27-15-29-21)32-26-28-10-9-18(31-26)17-14-34(3)22-8-6-5-7-16(17)22/h5-15H,1-4H3,(H,27,29)(H,30,35)(H,28,31,32). The van der Waals surface area contributed by atoms with Crippen LogP contribution in [0.2, 0.25) is 0 Å². The van der Waals surface area contributed by atoms with Crippen LogP contribution in [0.1, 0.15) is 10.5 Å². The maximum atomic E-state index is 12.7. The lowest BCUT2D eigenvalue weighted by Gasteiger charge is -2.21. The van der Waals surface area contributed by atoms with Gasteiger partial charge in [-0.25, -0.2) is 15.0 Å². The predicted molar refractivity (Wildman–Crippen MR) is 141 cm³/mol. The van der Waals surface area contributed by atoms with Gasteiger partial charge >= 0.3 is 0 Å². The van der Waals surface area contributed by atoms with Gasteiger partial charge in [0.15, 0.2) is 0 Å². The summed E-state index contributed by atoms with van der Waals surface area (Å²) in [6, 6.07) is 13.7. The third-order valence-corrected chi connectivity index (χ3v) is 5.87. The quantitative estimate of drug-likeness (QED) is 0.315. The van der Waals surface area contributed by atoms with Gasteiger partial charge in [-0.3, -0.25) is 4.79 Å². The third kappa shape index (κ3) is 4.31. The minimum Gasteiger partial charge on any atom is -0.494 e. The van der Waals surface area contributed by atoms with Crippen LogP contribution in [0.15, 0.2) is 67.4 Å². The van der Waals surface area contributed by atoms with E-state index in [4.69, 9.17) is 9.72 Å². The molecule has 0 bridgehead atoms. The van der Waals surface area contributed by atoms with Gasteiger partial charge in [0.25, 0.3) is 5.91 Å². The Balaban J connectivity index is 1.51. The number of imidazole rings is 1. The summed E-state index contributed by atoms with van der Waals surface area (Å²) in [5, 5.41) is 7.31. The molecule has 0 atom stereocenters. The Bertz CT molecular complexity index is 1540. The monoisotopic (exact) mass is 482 g/mol. The van der Waals surface area contributed by atoms with E-state index in [-0.39, 0.29) is 5.91 Å². The molecule has 0 aliphatic carbocycles. The largest absolute Gasteiger partial charge is 0.494 e. The summed E-state index contributed by atoms with van der Waals surface area (Å²) in [6.45, 7) is 0. The second-order valence-electron chi connectivity index (χ2n) is 8.44. The summed E-state index contributed by atoms with van der Waals surface area (Å²) >= 11 is 0. The van der Waals surface area contributed by atoms with Crippen LogP contribution in [0.25, 0.3) is 22.2 Å². The molecular formula is C26H26N8O2. The van der Waals surface area contributed by atoms with E-state index in [1.54, 1.807) is 19.4 Å². The van der Waals surface area contributed by atoms with Crippen molar-refractivity contribution in [2.24, 2.45) is 7.05 Å². The van der Waals surface area contributed by atoms with Gasteiger partial charge in [-0.2, -0.15) is 0 Å². The van der Waals surface area contributed by atoms with Crippen molar-refractivity contribution in [1.82, 2.24) is 24.5 Å². The highest BCUT2D eigenvalue weighted by Gasteiger charge is 2.17. The number of hydrogen-bond donors (Lipinski definition) is 3. The second-order valence-corrected chi connectivity index (χ2v) is 8.44. The van der Waals surface area contributed by atoms with Gasteiger partial charge in [0, 0.05) is 56.1 Å². The van der Waals surface area contributed by atoms with Gasteiger partial charge in [0.1, 0.15) is 11.4 Å². The Hall–Kier alpha value is -4.86. The smallest absolute Gasteiger partial charge is 0.273 e. The number of para-hydroxylation sites is 1. The maximum absolute atomic E-state index is 12.7. The van der Waals surface area contributed by atoms with Gasteiger partial charge in [0.2, 0.25) is 5.95 Å². The third-order valence-electron chi connectivity index (χ3n) is 5.87. The number of rotatable bonds is 7. The first-order valence-corrected chi connectivity index (χ1v) is 11.3. The number of anilines is 4. The highest BCUT2D eigenvalue weighted by atomic mass is 16.5. The molecule has 1 amide bonds. The van der Waals surface area contributed by atoms with E-state index >= 15 is 0 Å². The molecule has 0 spiro atoms. The molecule has 10 nitrogen and oxygen atoms in total. The molecule has 0 unspecified atom stereocenters. The minimum absolute atomic E-state index is 0.305. The summed E-state index contributed by atoms with van der Waals surface area (Å²) in [5.74, 6) is 0.681. The number of nitrogens with one attached hydrogen (secondary N) is 3. The average molecular weight is 483 g/mol. The molecule has 3 heterocycles. The zero-order valence-corrected chi connectivity index (χ0v) is 20.4. The lowest BCUT2D eigenvalue weighted by atomic mass is 10.1. The second kappa shape index (κ2) is 9.41. The summed E-state index contributed by atoms with van der Waals surface area (Å²) < 4.78 is 7.72. The summed E-state index contributed by atoms with van der Waals surface area (Å²) in [7, 11) is 7.40. The number of benzene rings is 2. The Morgan fingerprint density at radius 1 is 1.14 bits per heavy atom. The number of H-pyrrole nitrogens is 1. The summed E-state index contributed by atoms with van der Waals surface area (Å²) in [5.41, 5.74) is 5.26. The number of hydrogen-bond acceptors (Lipinski definition) is 7. The fourth-order valence-corrected chi connectivity index (χ4v) is 4.11. The number of aromatic nitrogens is 5. The Labute approximate surface area is 208 Å². The number of ether oxygens (including phenoxy) is 1. The van der Waals surface area contributed by atoms with Crippen molar-refractivity contribution in [2.75, 3.05) is 36.7 Å². The van der Waals surface area contributed by atoms with Crippen LogP contribution in [0.5, 0.6) is 5.75 Å². The van der Waals surface area contributed by atoms with Crippen LogP contribution in [0.4, 0.5) is 23.0 Å². The van der Waals surface area contributed by atoms with Crippen molar-refractivity contribution < 1.29 is 9.53 Å². The molecular weight excluding hydrogens is 456 g/mol. The van der Waals surface area contributed by atoms with Crippen LogP contribution in [0.3, 0.4) is 0 Å². The van der Waals surface area contributed by atoms with E-state index in [1.165, 1.54) is 12.5 Å². The molecule has 0 saturated carbocycles. The fourth-order valence-electron chi connectivity index (χ4n) is 4.11. The van der Waals surface area contributed by atoms with Gasteiger partial charge in [0.05, 0.1) is 42.4 Å². The number of carbonyl (C=O) groups excluding carboxylic acids is 1.